The van der Waals surface area contributed by atoms with Gasteiger partial charge in [-0.2, -0.15) is 0 Å². The summed E-state index contributed by atoms with van der Waals surface area (Å²) in [5.74, 6) is -0.144. The van der Waals surface area contributed by atoms with Crippen LogP contribution >= 0.6 is 0 Å². The maximum Gasteiger partial charge on any atom is 0.331 e. The lowest BCUT2D eigenvalue weighted by Gasteiger charge is -2.12. The first-order chi connectivity index (χ1) is 13.5. The average Bonchev–Trinajstić information content (AvgIpc) is 2.70. The number of nitrogens with zero attached hydrogens (tertiary/aromatic N) is 1. The number of rotatable bonds is 9. The van der Waals surface area contributed by atoms with Crippen LogP contribution in [0.15, 0.2) is 54.6 Å². The Balaban J connectivity index is 1.72. The summed E-state index contributed by atoms with van der Waals surface area (Å²) < 4.78 is 10.3. The normalized spacial score (nSPS) is 10.5. The van der Waals surface area contributed by atoms with Gasteiger partial charge in [-0.25, -0.2) is 4.79 Å². The second-order valence-corrected chi connectivity index (χ2v) is 6.28. The van der Waals surface area contributed by atoms with Crippen LogP contribution in [-0.4, -0.2) is 39.2 Å². The smallest absolute Gasteiger partial charge is 0.331 e. The molecule has 0 radical (unpaired) electrons. The lowest BCUT2D eigenvalue weighted by Crippen LogP contribution is -2.28. The van der Waals surface area contributed by atoms with Gasteiger partial charge >= 0.3 is 5.97 Å². The Bertz CT molecular complexity index is 796. The molecule has 0 aliphatic carbocycles. The molecule has 0 aromatic heterocycles. The molecule has 2 aromatic rings. The van der Waals surface area contributed by atoms with Crippen molar-refractivity contribution in [3.63, 3.8) is 0 Å². The average molecular weight is 382 g/mol. The van der Waals surface area contributed by atoms with E-state index in [1.165, 1.54) is 6.08 Å². The number of hydrogen-bond acceptors (Lipinski definition) is 5. The van der Waals surface area contributed by atoms with Crippen LogP contribution in [-0.2, 0) is 20.9 Å². The van der Waals surface area contributed by atoms with E-state index in [9.17, 15) is 9.59 Å². The zero-order valence-electron chi connectivity index (χ0n) is 16.5. The molecule has 0 aliphatic heterocycles. The number of nitrogens with one attached hydrogen (secondary N) is 1. The van der Waals surface area contributed by atoms with Gasteiger partial charge in [-0.15, -0.1) is 0 Å². The minimum absolute atomic E-state index is 0.317. The Hall–Kier alpha value is -3.28. The summed E-state index contributed by atoms with van der Waals surface area (Å²) >= 11 is 0. The highest BCUT2D eigenvalue weighted by atomic mass is 16.5. The second-order valence-electron chi connectivity index (χ2n) is 6.28. The van der Waals surface area contributed by atoms with Gasteiger partial charge in [-0.05, 0) is 48.4 Å². The SMILES string of the molecule is CCOc1ccc(/C=C/C(=O)OCC(=O)NCc2ccc(N(C)C)cc2)cc1. The molecule has 0 fully saturated rings. The van der Waals surface area contributed by atoms with Crippen molar-refractivity contribution in [1.29, 1.82) is 0 Å². The van der Waals surface area contributed by atoms with Crippen molar-refractivity contribution in [3.8, 4) is 5.75 Å². The Morgan fingerprint density at radius 2 is 1.71 bits per heavy atom. The zero-order chi connectivity index (χ0) is 20.4. The zero-order valence-corrected chi connectivity index (χ0v) is 16.5. The summed E-state index contributed by atoms with van der Waals surface area (Å²) in [4.78, 5) is 25.6. The molecule has 0 bridgehead atoms. The summed E-state index contributed by atoms with van der Waals surface area (Å²) in [5, 5.41) is 2.73. The van der Waals surface area contributed by atoms with Gasteiger partial charge in [-0.3, -0.25) is 4.79 Å². The largest absolute Gasteiger partial charge is 0.494 e. The first-order valence-electron chi connectivity index (χ1n) is 9.08. The third kappa shape index (κ3) is 7.15. The van der Waals surface area contributed by atoms with Crippen LogP contribution in [0.25, 0.3) is 6.08 Å². The molecule has 2 aromatic carbocycles. The molecule has 0 aliphatic rings. The Morgan fingerprint density at radius 1 is 1.04 bits per heavy atom. The van der Waals surface area contributed by atoms with Crippen LogP contribution in [0.2, 0.25) is 0 Å². The van der Waals surface area contributed by atoms with E-state index in [0.29, 0.717) is 13.2 Å². The highest BCUT2D eigenvalue weighted by Crippen LogP contribution is 2.13. The highest BCUT2D eigenvalue weighted by molar-refractivity contribution is 5.89. The summed E-state index contributed by atoms with van der Waals surface area (Å²) in [6, 6.07) is 15.2. The molecule has 6 heteroatoms. The van der Waals surface area contributed by atoms with Crippen molar-refractivity contribution in [2.45, 2.75) is 13.5 Å². The van der Waals surface area contributed by atoms with Crippen LogP contribution in [0.4, 0.5) is 5.69 Å². The number of hydrogen-bond donors (Lipinski definition) is 1. The van der Waals surface area contributed by atoms with E-state index >= 15 is 0 Å². The lowest BCUT2D eigenvalue weighted by atomic mass is 10.2. The van der Waals surface area contributed by atoms with E-state index in [-0.39, 0.29) is 12.5 Å². The van der Waals surface area contributed by atoms with Gasteiger partial charge < -0.3 is 19.7 Å². The second kappa shape index (κ2) is 10.8. The van der Waals surface area contributed by atoms with Gasteiger partial charge in [0, 0.05) is 32.4 Å². The fourth-order valence-corrected chi connectivity index (χ4v) is 2.35. The standard InChI is InChI=1S/C22H26N2O4/c1-4-27-20-12-7-17(8-13-20)9-14-22(26)28-16-21(25)23-15-18-5-10-19(11-6-18)24(2)3/h5-14H,4,15-16H2,1-3H3,(H,23,25)/b14-9+. The van der Waals surface area contributed by atoms with Gasteiger partial charge in [0.2, 0.25) is 0 Å². The number of amides is 1. The van der Waals surface area contributed by atoms with Crippen molar-refractivity contribution < 1.29 is 19.1 Å². The molecule has 1 amide bonds. The molecular formula is C22H26N2O4. The van der Waals surface area contributed by atoms with Crippen molar-refractivity contribution in [2.75, 3.05) is 32.2 Å². The number of carbonyl (C=O) groups excluding carboxylic acids is 2. The summed E-state index contributed by atoms with van der Waals surface area (Å²) in [7, 11) is 3.94. The number of carbonyl (C=O) groups is 2. The monoisotopic (exact) mass is 382 g/mol. The lowest BCUT2D eigenvalue weighted by molar-refractivity contribution is -0.143. The molecule has 6 nitrogen and oxygen atoms in total. The van der Waals surface area contributed by atoms with Crippen molar-refractivity contribution in [1.82, 2.24) is 5.32 Å². The minimum atomic E-state index is -0.570. The van der Waals surface area contributed by atoms with E-state index in [0.717, 1.165) is 22.6 Å². The van der Waals surface area contributed by atoms with Crippen LogP contribution in [0.3, 0.4) is 0 Å². The quantitative estimate of drug-likeness (QED) is 0.533. The third-order valence-corrected chi connectivity index (χ3v) is 3.89. The fraction of sp³-hybridized carbons (Fsp3) is 0.273. The van der Waals surface area contributed by atoms with Gasteiger partial charge in [0.05, 0.1) is 6.61 Å². The molecule has 148 valence electrons. The van der Waals surface area contributed by atoms with E-state index in [1.807, 2.05) is 74.4 Å². The number of benzene rings is 2. The minimum Gasteiger partial charge on any atom is -0.494 e. The van der Waals surface area contributed by atoms with Crippen LogP contribution in [0, 0.1) is 0 Å². The van der Waals surface area contributed by atoms with Crippen LogP contribution in [0.1, 0.15) is 18.1 Å². The Kier molecular flexibility index (Phi) is 8.09. The highest BCUT2D eigenvalue weighted by Gasteiger charge is 2.05. The molecule has 28 heavy (non-hydrogen) atoms. The number of esters is 1. The molecule has 0 unspecified atom stereocenters. The van der Waals surface area contributed by atoms with Crippen molar-refractivity contribution >= 4 is 23.6 Å². The third-order valence-electron chi connectivity index (χ3n) is 3.89. The van der Waals surface area contributed by atoms with E-state index in [1.54, 1.807) is 6.08 Å². The Morgan fingerprint density at radius 3 is 2.32 bits per heavy atom. The maximum atomic E-state index is 11.8. The fourth-order valence-electron chi connectivity index (χ4n) is 2.35. The molecule has 0 saturated carbocycles. The molecule has 0 spiro atoms. The summed E-state index contributed by atoms with van der Waals surface area (Å²) in [5.41, 5.74) is 2.90. The molecular weight excluding hydrogens is 356 g/mol. The number of anilines is 1. The van der Waals surface area contributed by atoms with Gasteiger partial charge in [0.1, 0.15) is 5.75 Å². The Labute approximate surface area is 165 Å². The van der Waals surface area contributed by atoms with Gasteiger partial charge in [-0.1, -0.05) is 24.3 Å². The topological polar surface area (TPSA) is 67.9 Å². The van der Waals surface area contributed by atoms with Gasteiger partial charge in [0.25, 0.3) is 5.91 Å². The maximum absolute atomic E-state index is 11.8. The van der Waals surface area contributed by atoms with E-state index in [4.69, 9.17) is 9.47 Å². The first-order valence-corrected chi connectivity index (χ1v) is 9.08. The van der Waals surface area contributed by atoms with Crippen molar-refractivity contribution in [2.24, 2.45) is 0 Å². The summed E-state index contributed by atoms with van der Waals surface area (Å²) in [6.45, 7) is 2.58. The van der Waals surface area contributed by atoms with E-state index < -0.39 is 5.97 Å². The van der Waals surface area contributed by atoms with Crippen molar-refractivity contribution in [3.05, 3.63) is 65.7 Å². The summed E-state index contributed by atoms with van der Waals surface area (Å²) in [6.07, 6.45) is 2.92. The molecule has 0 atom stereocenters. The first kappa shape index (κ1) is 21.0. The molecule has 0 heterocycles. The molecule has 0 saturated heterocycles. The molecule has 1 N–H and O–H groups in total. The predicted molar refractivity (Wildman–Crippen MR) is 110 cm³/mol. The predicted octanol–water partition coefficient (Wildman–Crippen LogP) is 3.02. The molecule has 2 rings (SSSR count). The number of ether oxygens (including phenoxy) is 2. The van der Waals surface area contributed by atoms with Crippen LogP contribution in [0.5, 0.6) is 5.75 Å². The van der Waals surface area contributed by atoms with E-state index in [2.05, 4.69) is 5.32 Å². The van der Waals surface area contributed by atoms with Crippen LogP contribution < -0.4 is 15.0 Å². The van der Waals surface area contributed by atoms with Gasteiger partial charge in [0.15, 0.2) is 6.61 Å².